The van der Waals surface area contributed by atoms with E-state index in [0.717, 1.165) is 43.2 Å². The Hall–Kier alpha value is -3.11. The molecule has 1 saturated heterocycles. The van der Waals surface area contributed by atoms with Crippen molar-refractivity contribution in [3.63, 3.8) is 0 Å². The third-order valence-corrected chi connectivity index (χ3v) is 6.42. The van der Waals surface area contributed by atoms with Crippen molar-refractivity contribution in [3.8, 4) is 16.9 Å². The van der Waals surface area contributed by atoms with Crippen LogP contribution in [0.5, 0.6) is 5.75 Å². The van der Waals surface area contributed by atoms with Crippen molar-refractivity contribution in [1.82, 2.24) is 5.01 Å². The number of quaternary nitrogens is 1. The molecule has 0 atom stereocenters. The van der Waals surface area contributed by atoms with E-state index < -0.39 is 0 Å². The highest BCUT2D eigenvalue weighted by Gasteiger charge is 2.37. The Kier molecular flexibility index (Phi) is 5.01. The van der Waals surface area contributed by atoms with E-state index in [1.165, 1.54) is 22.3 Å². The van der Waals surface area contributed by atoms with E-state index in [1.54, 1.807) is 12.0 Å². The highest BCUT2D eigenvalue weighted by atomic mass is 16.5. The molecule has 1 aliphatic carbocycles. The Morgan fingerprint density at radius 2 is 1.43 bits per heavy atom. The number of hydrazone groups is 1. The van der Waals surface area contributed by atoms with Gasteiger partial charge in [0.1, 0.15) is 11.8 Å². The van der Waals surface area contributed by atoms with Gasteiger partial charge in [-0.05, 0) is 47.9 Å². The molecular formula is C26H28N3O+. The van der Waals surface area contributed by atoms with Crippen molar-refractivity contribution in [2.45, 2.75) is 13.0 Å². The minimum absolute atomic E-state index is 0.436. The fourth-order valence-corrected chi connectivity index (χ4v) is 4.87. The second-order valence-electron chi connectivity index (χ2n) is 8.13. The number of rotatable bonds is 4. The van der Waals surface area contributed by atoms with Gasteiger partial charge < -0.3 is 9.64 Å². The van der Waals surface area contributed by atoms with E-state index in [1.807, 2.05) is 12.1 Å². The summed E-state index contributed by atoms with van der Waals surface area (Å²) in [6, 6.07) is 26.4. The maximum Gasteiger partial charge on any atom is 0.140 e. The number of piperazine rings is 1. The number of nitrogens with zero attached hydrogens (tertiary/aromatic N) is 2. The van der Waals surface area contributed by atoms with Gasteiger partial charge in [0.2, 0.25) is 0 Å². The van der Waals surface area contributed by atoms with Crippen LogP contribution in [0.1, 0.15) is 29.7 Å². The van der Waals surface area contributed by atoms with E-state index in [-0.39, 0.29) is 0 Å². The maximum absolute atomic E-state index is 5.26. The molecule has 152 valence electrons. The number of hydrogen-bond acceptors (Lipinski definition) is 3. The first kappa shape index (κ1) is 18.9. The fraction of sp³-hybridized carbons (Fsp3) is 0.269. The zero-order valence-electron chi connectivity index (χ0n) is 17.6. The lowest BCUT2D eigenvalue weighted by Crippen LogP contribution is -3.14. The van der Waals surface area contributed by atoms with Crippen LogP contribution in [0.4, 0.5) is 0 Å². The minimum atomic E-state index is 0.436. The molecule has 2 aliphatic rings. The molecule has 4 heteroatoms. The van der Waals surface area contributed by atoms with Crippen LogP contribution in [-0.2, 0) is 0 Å². The van der Waals surface area contributed by atoms with Gasteiger partial charge in [-0.25, -0.2) is 0 Å². The van der Waals surface area contributed by atoms with Crippen molar-refractivity contribution < 1.29 is 9.64 Å². The molecule has 4 nitrogen and oxygen atoms in total. The summed E-state index contributed by atoms with van der Waals surface area (Å²) in [7, 11) is 1.69. The lowest BCUT2D eigenvalue weighted by molar-refractivity contribution is -0.929. The van der Waals surface area contributed by atoms with Crippen molar-refractivity contribution in [3.05, 3.63) is 89.5 Å². The van der Waals surface area contributed by atoms with Gasteiger partial charge in [0.25, 0.3) is 0 Å². The number of ether oxygens (including phenoxy) is 1. The molecule has 30 heavy (non-hydrogen) atoms. The van der Waals surface area contributed by atoms with Crippen molar-refractivity contribution in [1.29, 1.82) is 0 Å². The molecule has 1 fully saturated rings. The van der Waals surface area contributed by atoms with Gasteiger partial charge in [0.05, 0.1) is 39.0 Å². The van der Waals surface area contributed by atoms with E-state index >= 15 is 0 Å². The highest BCUT2D eigenvalue weighted by Crippen LogP contribution is 2.41. The van der Waals surface area contributed by atoms with Gasteiger partial charge in [0.15, 0.2) is 0 Å². The summed E-state index contributed by atoms with van der Waals surface area (Å²) in [6.45, 7) is 6.22. The van der Waals surface area contributed by atoms with E-state index in [4.69, 9.17) is 9.84 Å². The molecule has 3 aromatic rings. The second-order valence-corrected chi connectivity index (χ2v) is 8.13. The molecule has 0 aromatic heterocycles. The molecule has 0 radical (unpaired) electrons. The van der Waals surface area contributed by atoms with Gasteiger partial charge in [-0.1, -0.05) is 48.5 Å². The van der Waals surface area contributed by atoms with Crippen molar-refractivity contribution in [2.24, 2.45) is 5.10 Å². The van der Waals surface area contributed by atoms with Gasteiger partial charge >= 0.3 is 0 Å². The van der Waals surface area contributed by atoms with Gasteiger partial charge in [0, 0.05) is 11.1 Å². The molecule has 0 bridgehead atoms. The Labute approximate surface area is 178 Å². The molecule has 1 N–H and O–H groups in total. The van der Waals surface area contributed by atoms with Crippen LogP contribution >= 0.6 is 0 Å². The van der Waals surface area contributed by atoms with Gasteiger partial charge in [-0.3, -0.25) is 5.01 Å². The lowest BCUT2D eigenvalue weighted by atomic mass is 10.0. The van der Waals surface area contributed by atoms with Crippen LogP contribution in [0, 0.1) is 0 Å². The number of nitrogens with one attached hydrogen (secondary N) is 1. The third-order valence-electron chi connectivity index (χ3n) is 6.42. The molecule has 1 heterocycles. The smallest absolute Gasteiger partial charge is 0.140 e. The standard InChI is InChI=1S/C26H27N3O/c1-19(20-11-13-21(30-2)14-12-20)27-29-17-15-28(16-18-29)26-24-9-5-3-7-22(24)23-8-4-6-10-25(23)26/h3-14,26H,15-18H2,1-2H3/p+1/b27-19+. The van der Waals surface area contributed by atoms with E-state index in [9.17, 15) is 0 Å². The molecule has 1 aliphatic heterocycles. The minimum Gasteiger partial charge on any atom is -0.497 e. The Morgan fingerprint density at radius 3 is 2.00 bits per heavy atom. The second kappa shape index (κ2) is 7.96. The monoisotopic (exact) mass is 398 g/mol. The Morgan fingerprint density at radius 1 is 0.867 bits per heavy atom. The largest absolute Gasteiger partial charge is 0.497 e. The summed E-state index contributed by atoms with van der Waals surface area (Å²) in [4.78, 5) is 1.64. The molecule has 5 rings (SSSR count). The summed E-state index contributed by atoms with van der Waals surface area (Å²) in [5.74, 6) is 0.876. The SMILES string of the molecule is COc1ccc(/C(C)=N/N2CC[NH+](C3c4ccccc4-c4ccccc43)CC2)cc1. The van der Waals surface area contributed by atoms with E-state index in [0.29, 0.717) is 6.04 Å². The van der Waals surface area contributed by atoms with E-state index in [2.05, 4.69) is 72.6 Å². The normalized spacial score (nSPS) is 17.0. The molecular weight excluding hydrogens is 370 g/mol. The summed E-state index contributed by atoms with van der Waals surface area (Å²) < 4.78 is 5.26. The molecule has 0 saturated carbocycles. The fourth-order valence-electron chi connectivity index (χ4n) is 4.87. The lowest BCUT2D eigenvalue weighted by Gasteiger charge is -2.35. The van der Waals surface area contributed by atoms with Crippen LogP contribution in [-0.4, -0.2) is 44.0 Å². The first-order valence-corrected chi connectivity index (χ1v) is 10.7. The predicted octanol–water partition coefficient (Wildman–Crippen LogP) is 3.39. The third kappa shape index (κ3) is 3.37. The van der Waals surface area contributed by atoms with Gasteiger partial charge in [-0.2, -0.15) is 5.10 Å². The Bertz CT molecular complexity index is 1020. The van der Waals surface area contributed by atoms with Crippen LogP contribution in [0.15, 0.2) is 77.9 Å². The first-order chi connectivity index (χ1) is 14.7. The molecule has 0 spiro atoms. The molecule has 0 amide bonds. The zero-order chi connectivity index (χ0) is 20.5. The quantitative estimate of drug-likeness (QED) is 0.683. The number of methoxy groups -OCH3 is 1. The predicted molar refractivity (Wildman–Crippen MR) is 121 cm³/mol. The first-order valence-electron chi connectivity index (χ1n) is 10.7. The number of hydrogen-bond donors (Lipinski definition) is 1. The highest BCUT2D eigenvalue weighted by molar-refractivity contribution is 5.98. The maximum atomic E-state index is 5.26. The average molecular weight is 399 g/mol. The summed E-state index contributed by atoms with van der Waals surface area (Å²) in [5.41, 5.74) is 7.95. The van der Waals surface area contributed by atoms with Crippen LogP contribution in [0.3, 0.4) is 0 Å². The number of fused-ring (bicyclic) bond motifs is 3. The number of benzene rings is 3. The summed E-state index contributed by atoms with van der Waals surface area (Å²) in [5, 5.41) is 7.14. The van der Waals surface area contributed by atoms with Gasteiger partial charge in [-0.15, -0.1) is 0 Å². The molecule has 0 unspecified atom stereocenters. The Balaban J connectivity index is 1.31. The molecule has 3 aromatic carbocycles. The summed E-state index contributed by atoms with van der Waals surface area (Å²) >= 11 is 0. The average Bonchev–Trinajstić information content (AvgIpc) is 3.14. The van der Waals surface area contributed by atoms with Crippen LogP contribution in [0.25, 0.3) is 11.1 Å². The topological polar surface area (TPSA) is 29.3 Å². The van der Waals surface area contributed by atoms with Crippen LogP contribution < -0.4 is 9.64 Å². The summed E-state index contributed by atoms with van der Waals surface area (Å²) in [6.07, 6.45) is 0. The van der Waals surface area contributed by atoms with Crippen molar-refractivity contribution >= 4 is 5.71 Å². The van der Waals surface area contributed by atoms with Crippen molar-refractivity contribution in [2.75, 3.05) is 33.3 Å². The van der Waals surface area contributed by atoms with Crippen LogP contribution in [0.2, 0.25) is 0 Å². The zero-order valence-corrected chi connectivity index (χ0v) is 17.6.